The minimum atomic E-state index is -3.91. The molecule has 172 valence electrons. The number of sulfonamides is 1. The first-order valence-corrected chi connectivity index (χ1v) is 11.4. The lowest BCUT2D eigenvalue weighted by molar-refractivity contribution is -0.121. The number of rotatable bonds is 8. The van der Waals surface area contributed by atoms with E-state index < -0.39 is 27.7 Å². The van der Waals surface area contributed by atoms with Gasteiger partial charge in [-0.3, -0.25) is 9.59 Å². The van der Waals surface area contributed by atoms with Gasteiger partial charge in [0.25, 0.3) is 10.0 Å². The Morgan fingerprint density at radius 1 is 0.818 bits per heavy atom. The fourth-order valence-corrected chi connectivity index (χ4v) is 3.82. The van der Waals surface area contributed by atoms with Crippen molar-refractivity contribution in [3.63, 3.8) is 0 Å². The van der Waals surface area contributed by atoms with E-state index in [2.05, 4.69) is 25.3 Å². The number of amides is 2. The van der Waals surface area contributed by atoms with Crippen LogP contribution in [-0.2, 0) is 19.6 Å². The maximum absolute atomic E-state index is 12.9. The number of anilines is 3. The summed E-state index contributed by atoms with van der Waals surface area (Å²) in [5.74, 6) is -1.25. The van der Waals surface area contributed by atoms with Crippen molar-refractivity contribution in [2.45, 2.75) is 31.6 Å². The Balaban J connectivity index is 1.53. The van der Waals surface area contributed by atoms with Crippen LogP contribution in [0.15, 0.2) is 59.5 Å². The summed E-state index contributed by atoms with van der Waals surface area (Å²) in [4.78, 5) is 32.1. The highest BCUT2D eigenvalue weighted by Crippen LogP contribution is 2.17. The quantitative estimate of drug-likeness (QED) is 0.462. The zero-order valence-corrected chi connectivity index (χ0v) is 18.7. The molecule has 11 heteroatoms. The Morgan fingerprint density at radius 3 is 1.76 bits per heavy atom. The van der Waals surface area contributed by atoms with Gasteiger partial charge in [0, 0.05) is 35.6 Å². The molecule has 9 nitrogen and oxygen atoms in total. The van der Waals surface area contributed by atoms with E-state index in [1.807, 2.05) is 0 Å². The molecule has 0 unspecified atom stereocenters. The standard InChI is InChI=1S/C22H22FN5O4S/c1-14-13-15(2)25-22(24-14)28-33(31,32)19-9-7-18(8-10-19)27-21(30)12-11-20(29)26-17-5-3-16(23)4-6-17/h3-10,13H,11-12H2,1-2H3,(H,26,29)(H,27,30)(H,24,25,28). The van der Waals surface area contributed by atoms with E-state index in [4.69, 9.17) is 0 Å². The number of halogens is 1. The number of aromatic nitrogens is 2. The molecule has 0 aliphatic heterocycles. The lowest BCUT2D eigenvalue weighted by Crippen LogP contribution is -2.18. The van der Waals surface area contributed by atoms with Crippen LogP contribution in [0.25, 0.3) is 0 Å². The van der Waals surface area contributed by atoms with Crippen LogP contribution in [-0.4, -0.2) is 30.2 Å². The summed E-state index contributed by atoms with van der Waals surface area (Å²) in [5, 5.41) is 5.17. The molecule has 0 bridgehead atoms. The highest BCUT2D eigenvalue weighted by Gasteiger charge is 2.16. The van der Waals surface area contributed by atoms with E-state index >= 15 is 0 Å². The number of nitrogens with zero attached hydrogens (tertiary/aromatic N) is 2. The average Bonchev–Trinajstić information content (AvgIpc) is 2.73. The number of hydrogen-bond donors (Lipinski definition) is 3. The molecule has 2 aromatic carbocycles. The Morgan fingerprint density at radius 2 is 1.27 bits per heavy atom. The summed E-state index contributed by atoms with van der Waals surface area (Å²) in [6, 6.07) is 12.5. The van der Waals surface area contributed by atoms with Crippen molar-refractivity contribution in [3.8, 4) is 0 Å². The second-order valence-electron chi connectivity index (χ2n) is 7.21. The van der Waals surface area contributed by atoms with E-state index in [1.165, 1.54) is 48.5 Å². The molecule has 0 spiro atoms. The van der Waals surface area contributed by atoms with Gasteiger partial charge in [-0.25, -0.2) is 27.5 Å². The molecule has 1 heterocycles. The lowest BCUT2D eigenvalue weighted by atomic mass is 10.2. The molecular formula is C22H22FN5O4S. The van der Waals surface area contributed by atoms with Crippen LogP contribution >= 0.6 is 0 Å². The normalized spacial score (nSPS) is 11.0. The maximum Gasteiger partial charge on any atom is 0.264 e. The summed E-state index contributed by atoms with van der Waals surface area (Å²) in [7, 11) is -3.91. The molecule has 3 aromatic rings. The fraction of sp³-hybridized carbons (Fsp3) is 0.182. The number of benzene rings is 2. The van der Waals surface area contributed by atoms with Gasteiger partial charge in [-0.15, -0.1) is 0 Å². The minimum Gasteiger partial charge on any atom is -0.326 e. The summed E-state index contributed by atoms with van der Waals surface area (Å²) in [5.41, 5.74) is 2.06. The molecule has 3 rings (SSSR count). The Bertz CT molecular complexity index is 1240. The second kappa shape index (κ2) is 10.2. The highest BCUT2D eigenvalue weighted by molar-refractivity contribution is 7.92. The monoisotopic (exact) mass is 471 g/mol. The van der Waals surface area contributed by atoms with Crippen LogP contribution in [0.2, 0.25) is 0 Å². The summed E-state index contributed by atoms with van der Waals surface area (Å²) < 4.78 is 40.3. The van der Waals surface area contributed by atoms with Crippen molar-refractivity contribution in [1.29, 1.82) is 0 Å². The number of aryl methyl sites for hydroxylation is 2. The number of hydrogen-bond acceptors (Lipinski definition) is 6. The van der Waals surface area contributed by atoms with Crippen molar-refractivity contribution in [3.05, 3.63) is 71.8 Å². The third-order valence-corrected chi connectivity index (χ3v) is 5.71. The van der Waals surface area contributed by atoms with Crippen molar-refractivity contribution in [1.82, 2.24) is 9.97 Å². The van der Waals surface area contributed by atoms with Gasteiger partial charge >= 0.3 is 0 Å². The molecule has 1 aromatic heterocycles. The molecular weight excluding hydrogens is 449 g/mol. The topological polar surface area (TPSA) is 130 Å². The average molecular weight is 472 g/mol. The molecule has 0 aliphatic rings. The molecule has 2 amide bonds. The maximum atomic E-state index is 12.9. The van der Waals surface area contributed by atoms with Gasteiger partial charge in [0.1, 0.15) is 5.82 Å². The Labute approximate surface area is 190 Å². The first kappa shape index (κ1) is 23.8. The first-order valence-electron chi connectivity index (χ1n) is 9.91. The molecule has 0 atom stereocenters. The predicted molar refractivity (Wildman–Crippen MR) is 122 cm³/mol. The van der Waals surface area contributed by atoms with Crippen molar-refractivity contribution >= 4 is 39.2 Å². The van der Waals surface area contributed by atoms with Crippen molar-refractivity contribution in [2.75, 3.05) is 15.4 Å². The SMILES string of the molecule is Cc1cc(C)nc(NS(=O)(=O)c2ccc(NC(=O)CCC(=O)Nc3ccc(F)cc3)cc2)n1. The van der Waals surface area contributed by atoms with Crippen molar-refractivity contribution < 1.29 is 22.4 Å². The van der Waals surface area contributed by atoms with Crippen LogP contribution in [0, 0.1) is 19.7 Å². The minimum absolute atomic E-state index is 0.0243. The van der Waals surface area contributed by atoms with Crippen LogP contribution in [0.1, 0.15) is 24.2 Å². The van der Waals surface area contributed by atoms with Gasteiger partial charge in [0.05, 0.1) is 4.90 Å². The van der Waals surface area contributed by atoms with E-state index in [0.29, 0.717) is 22.8 Å². The zero-order valence-electron chi connectivity index (χ0n) is 17.9. The first-order chi connectivity index (χ1) is 15.6. The molecule has 0 fully saturated rings. The van der Waals surface area contributed by atoms with E-state index in [1.54, 1.807) is 19.9 Å². The van der Waals surface area contributed by atoms with Gasteiger partial charge in [-0.05, 0) is 68.4 Å². The van der Waals surface area contributed by atoms with Gasteiger partial charge < -0.3 is 10.6 Å². The molecule has 0 aliphatic carbocycles. The van der Waals surface area contributed by atoms with Gasteiger partial charge in [0.15, 0.2) is 0 Å². The summed E-state index contributed by atoms with van der Waals surface area (Å²) in [6.07, 6.45) is -0.159. The summed E-state index contributed by atoms with van der Waals surface area (Å²) >= 11 is 0. The van der Waals surface area contributed by atoms with Crippen LogP contribution < -0.4 is 15.4 Å². The van der Waals surface area contributed by atoms with Crippen molar-refractivity contribution in [2.24, 2.45) is 0 Å². The van der Waals surface area contributed by atoms with E-state index in [-0.39, 0.29) is 23.7 Å². The van der Waals surface area contributed by atoms with Crippen LogP contribution in [0.5, 0.6) is 0 Å². The largest absolute Gasteiger partial charge is 0.326 e. The van der Waals surface area contributed by atoms with Crippen LogP contribution in [0.3, 0.4) is 0 Å². The van der Waals surface area contributed by atoms with Gasteiger partial charge in [-0.2, -0.15) is 0 Å². The molecule has 3 N–H and O–H groups in total. The number of carbonyl (C=O) groups is 2. The van der Waals surface area contributed by atoms with Gasteiger partial charge in [-0.1, -0.05) is 0 Å². The second-order valence-corrected chi connectivity index (χ2v) is 8.89. The van der Waals surface area contributed by atoms with Crippen LogP contribution in [0.4, 0.5) is 21.7 Å². The molecule has 0 saturated heterocycles. The van der Waals surface area contributed by atoms with E-state index in [9.17, 15) is 22.4 Å². The fourth-order valence-electron chi connectivity index (χ4n) is 2.88. The number of nitrogens with one attached hydrogen (secondary N) is 3. The Kier molecular flexibility index (Phi) is 7.34. The molecule has 0 saturated carbocycles. The Hall–Kier alpha value is -3.86. The summed E-state index contributed by atoms with van der Waals surface area (Å²) in [6.45, 7) is 3.47. The van der Waals surface area contributed by atoms with E-state index in [0.717, 1.165) is 0 Å². The van der Waals surface area contributed by atoms with Gasteiger partial charge in [0.2, 0.25) is 17.8 Å². The lowest BCUT2D eigenvalue weighted by Gasteiger charge is -2.09. The zero-order chi connectivity index (χ0) is 24.0. The third-order valence-electron chi connectivity index (χ3n) is 4.36. The molecule has 33 heavy (non-hydrogen) atoms. The predicted octanol–water partition coefficient (Wildman–Crippen LogP) is 3.39. The third kappa shape index (κ3) is 7.07. The smallest absolute Gasteiger partial charge is 0.264 e. The molecule has 0 radical (unpaired) electrons. The number of carbonyl (C=O) groups excluding carboxylic acids is 2. The highest BCUT2D eigenvalue weighted by atomic mass is 32.2.